The van der Waals surface area contributed by atoms with Crippen LogP contribution in [-0.2, 0) is 13.5 Å². The molecule has 3 aromatic rings. The van der Waals surface area contributed by atoms with Gasteiger partial charge in [-0.25, -0.2) is 0 Å². The summed E-state index contributed by atoms with van der Waals surface area (Å²) in [6, 6.07) is 10.3. The minimum Gasteiger partial charge on any atom is -0.321 e. The fourth-order valence-electron chi connectivity index (χ4n) is 2.21. The molecule has 6 heteroatoms. The zero-order valence-electron chi connectivity index (χ0n) is 11.0. The maximum absolute atomic E-state index is 4.38. The molecule has 0 aliphatic heterocycles. The van der Waals surface area contributed by atoms with Crippen molar-refractivity contribution < 1.29 is 0 Å². The fraction of sp³-hybridized carbons (Fsp3) is 0.214. The quantitative estimate of drug-likeness (QED) is 0.738. The molecule has 0 spiro atoms. The summed E-state index contributed by atoms with van der Waals surface area (Å²) < 4.78 is 4.95. The largest absolute Gasteiger partial charge is 0.321 e. The van der Waals surface area contributed by atoms with E-state index in [2.05, 4.69) is 43.4 Å². The van der Waals surface area contributed by atoms with Gasteiger partial charge < -0.3 is 4.57 Å². The van der Waals surface area contributed by atoms with Crippen molar-refractivity contribution in [1.29, 1.82) is 0 Å². The van der Waals surface area contributed by atoms with Gasteiger partial charge in [0, 0.05) is 30.3 Å². The molecule has 0 fully saturated rings. The molecule has 0 aliphatic carbocycles. The van der Waals surface area contributed by atoms with Crippen LogP contribution in [0.1, 0.15) is 17.4 Å². The standard InChI is InChI=1S/C14H14BrN5/c1-19-10-16-18-14(19)9-13(20-7-3-6-17-20)11-4-2-5-12(15)8-11/h2-8,10,13H,9H2,1H3. The highest BCUT2D eigenvalue weighted by Gasteiger charge is 2.17. The van der Waals surface area contributed by atoms with Gasteiger partial charge >= 0.3 is 0 Å². The molecule has 5 nitrogen and oxygen atoms in total. The molecule has 0 saturated heterocycles. The van der Waals surface area contributed by atoms with E-state index in [1.54, 1.807) is 12.5 Å². The molecule has 0 bridgehead atoms. The maximum Gasteiger partial charge on any atom is 0.135 e. The lowest BCUT2D eigenvalue weighted by Gasteiger charge is -2.18. The van der Waals surface area contributed by atoms with Gasteiger partial charge in [0.1, 0.15) is 12.2 Å². The lowest BCUT2D eigenvalue weighted by atomic mass is 10.0. The molecule has 2 heterocycles. The summed E-state index contributed by atoms with van der Waals surface area (Å²) in [6.45, 7) is 0. The smallest absolute Gasteiger partial charge is 0.135 e. The Bertz CT molecular complexity index is 689. The Balaban J connectivity index is 1.99. The molecule has 0 radical (unpaired) electrons. The van der Waals surface area contributed by atoms with Gasteiger partial charge in [-0.1, -0.05) is 28.1 Å². The average molecular weight is 332 g/mol. The Labute approximate surface area is 125 Å². The van der Waals surface area contributed by atoms with Gasteiger partial charge in [0.15, 0.2) is 0 Å². The van der Waals surface area contributed by atoms with E-state index in [9.17, 15) is 0 Å². The first-order chi connectivity index (χ1) is 9.74. The predicted molar refractivity (Wildman–Crippen MR) is 79.2 cm³/mol. The van der Waals surface area contributed by atoms with Crippen LogP contribution >= 0.6 is 15.9 Å². The van der Waals surface area contributed by atoms with Crippen LogP contribution in [0.25, 0.3) is 0 Å². The molecule has 102 valence electrons. The predicted octanol–water partition coefficient (Wildman–Crippen LogP) is 2.61. The van der Waals surface area contributed by atoms with Crippen molar-refractivity contribution in [2.45, 2.75) is 12.5 Å². The Morgan fingerprint density at radius 1 is 1.30 bits per heavy atom. The first-order valence-corrected chi connectivity index (χ1v) is 7.11. The van der Waals surface area contributed by atoms with Gasteiger partial charge in [-0.3, -0.25) is 4.68 Å². The average Bonchev–Trinajstić information content (AvgIpc) is 3.08. The molecule has 2 aromatic heterocycles. The molecule has 0 N–H and O–H groups in total. The van der Waals surface area contributed by atoms with Crippen LogP contribution in [0.15, 0.2) is 53.5 Å². The number of aryl methyl sites for hydroxylation is 1. The summed E-state index contributed by atoms with van der Waals surface area (Å²) in [7, 11) is 1.95. The molecule has 1 atom stereocenters. The van der Waals surface area contributed by atoms with E-state index in [-0.39, 0.29) is 6.04 Å². The van der Waals surface area contributed by atoms with E-state index >= 15 is 0 Å². The summed E-state index contributed by atoms with van der Waals surface area (Å²) in [5.41, 5.74) is 1.19. The summed E-state index contributed by atoms with van der Waals surface area (Å²) in [6.07, 6.45) is 6.23. The highest BCUT2D eigenvalue weighted by Crippen LogP contribution is 2.24. The van der Waals surface area contributed by atoms with Crippen molar-refractivity contribution in [2.75, 3.05) is 0 Å². The lowest BCUT2D eigenvalue weighted by Crippen LogP contribution is -2.16. The van der Waals surface area contributed by atoms with Gasteiger partial charge in [-0.2, -0.15) is 5.10 Å². The third-order valence-corrected chi connectivity index (χ3v) is 3.75. The second kappa shape index (κ2) is 5.58. The van der Waals surface area contributed by atoms with Gasteiger partial charge in [0.2, 0.25) is 0 Å². The summed E-state index contributed by atoms with van der Waals surface area (Å²) in [5, 5.41) is 12.5. The Kier molecular flexibility index (Phi) is 3.64. The fourth-order valence-corrected chi connectivity index (χ4v) is 2.62. The highest BCUT2D eigenvalue weighted by atomic mass is 79.9. The normalized spacial score (nSPS) is 12.5. The Morgan fingerprint density at radius 3 is 2.85 bits per heavy atom. The molecule has 1 unspecified atom stereocenters. The summed E-state index contributed by atoms with van der Waals surface area (Å²) >= 11 is 3.52. The molecule has 0 amide bonds. The molecular formula is C14H14BrN5. The van der Waals surface area contributed by atoms with E-state index < -0.39 is 0 Å². The lowest BCUT2D eigenvalue weighted by molar-refractivity contribution is 0.502. The van der Waals surface area contributed by atoms with Gasteiger partial charge in [-0.15, -0.1) is 10.2 Å². The number of halogens is 1. The molecule has 3 rings (SSSR count). The minimum atomic E-state index is 0.102. The first kappa shape index (κ1) is 13.1. The SMILES string of the molecule is Cn1cnnc1CC(c1cccc(Br)c1)n1cccn1. The van der Waals surface area contributed by atoms with Crippen LogP contribution in [0.2, 0.25) is 0 Å². The van der Waals surface area contributed by atoms with E-state index in [0.717, 1.165) is 16.7 Å². The van der Waals surface area contributed by atoms with Gasteiger partial charge in [-0.05, 0) is 23.8 Å². The number of aromatic nitrogens is 5. The second-order valence-electron chi connectivity index (χ2n) is 4.62. The highest BCUT2D eigenvalue weighted by molar-refractivity contribution is 9.10. The Hall–Kier alpha value is -1.95. The third kappa shape index (κ3) is 2.65. The van der Waals surface area contributed by atoms with Gasteiger partial charge in [0.25, 0.3) is 0 Å². The summed E-state index contributed by atoms with van der Waals surface area (Å²) in [4.78, 5) is 0. The van der Waals surface area contributed by atoms with Gasteiger partial charge in [0.05, 0.1) is 6.04 Å². The zero-order chi connectivity index (χ0) is 13.9. The number of benzene rings is 1. The number of hydrogen-bond acceptors (Lipinski definition) is 3. The number of nitrogens with zero attached hydrogens (tertiary/aromatic N) is 5. The van der Waals surface area contributed by atoms with Crippen molar-refractivity contribution in [3.63, 3.8) is 0 Å². The van der Waals surface area contributed by atoms with Crippen LogP contribution in [0, 0.1) is 0 Å². The van der Waals surface area contributed by atoms with Crippen LogP contribution < -0.4 is 0 Å². The molecule has 20 heavy (non-hydrogen) atoms. The van der Waals surface area contributed by atoms with Crippen LogP contribution in [0.4, 0.5) is 0 Å². The van der Waals surface area contributed by atoms with E-state index in [0.29, 0.717) is 0 Å². The van der Waals surface area contributed by atoms with Crippen LogP contribution in [0.3, 0.4) is 0 Å². The maximum atomic E-state index is 4.38. The minimum absolute atomic E-state index is 0.102. The molecular weight excluding hydrogens is 318 g/mol. The van der Waals surface area contributed by atoms with Crippen LogP contribution in [-0.4, -0.2) is 24.5 Å². The molecule has 0 aliphatic rings. The van der Waals surface area contributed by atoms with Crippen molar-refractivity contribution in [3.05, 3.63) is 64.9 Å². The van der Waals surface area contributed by atoms with E-state index in [1.165, 1.54) is 5.56 Å². The van der Waals surface area contributed by atoms with E-state index in [4.69, 9.17) is 0 Å². The Morgan fingerprint density at radius 2 is 2.20 bits per heavy atom. The van der Waals surface area contributed by atoms with E-state index in [1.807, 2.05) is 40.7 Å². The second-order valence-corrected chi connectivity index (χ2v) is 5.53. The molecule has 1 aromatic carbocycles. The van der Waals surface area contributed by atoms with Crippen molar-refractivity contribution in [1.82, 2.24) is 24.5 Å². The topological polar surface area (TPSA) is 48.5 Å². The van der Waals surface area contributed by atoms with Crippen LogP contribution in [0.5, 0.6) is 0 Å². The number of hydrogen-bond donors (Lipinski definition) is 0. The van der Waals surface area contributed by atoms with Crippen molar-refractivity contribution >= 4 is 15.9 Å². The third-order valence-electron chi connectivity index (χ3n) is 3.26. The molecule has 0 saturated carbocycles. The van der Waals surface area contributed by atoms with Crippen molar-refractivity contribution in [2.24, 2.45) is 7.05 Å². The monoisotopic (exact) mass is 331 g/mol. The summed E-state index contributed by atoms with van der Waals surface area (Å²) in [5.74, 6) is 0.936. The first-order valence-electron chi connectivity index (χ1n) is 6.31. The zero-order valence-corrected chi connectivity index (χ0v) is 12.6. The number of rotatable bonds is 4. The van der Waals surface area contributed by atoms with Crippen molar-refractivity contribution in [3.8, 4) is 0 Å².